The highest BCUT2D eigenvalue weighted by atomic mass is 16.5. The first kappa shape index (κ1) is 17.0. The van der Waals surface area contributed by atoms with E-state index in [2.05, 4.69) is 6.07 Å². The van der Waals surface area contributed by atoms with Gasteiger partial charge in [-0.15, -0.1) is 0 Å². The number of hydrogen-bond donors (Lipinski definition) is 1. The van der Waals surface area contributed by atoms with Crippen molar-refractivity contribution in [2.24, 2.45) is 0 Å². The molecule has 138 valence electrons. The summed E-state index contributed by atoms with van der Waals surface area (Å²) >= 11 is 0. The second-order valence-electron chi connectivity index (χ2n) is 6.79. The van der Waals surface area contributed by atoms with Crippen LogP contribution in [-0.4, -0.2) is 26.4 Å². The number of hydrogen-bond acceptors (Lipinski definition) is 5. The summed E-state index contributed by atoms with van der Waals surface area (Å²) < 4.78 is 22.7. The van der Waals surface area contributed by atoms with Gasteiger partial charge in [-0.1, -0.05) is 12.1 Å². The topological polar surface area (TPSA) is 57.2 Å². The lowest BCUT2D eigenvalue weighted by Crippen LogP contribution is -2.20. The second kappa shape index (κ2) is 6.72. The number of rotatable bonds is 4. The fourth-order valence-electron chi connectivity index (χ4n) is 4.06. The van der Waals surface area contributed by atoms with Gasteiger partial charge in [0.2, 0.25) is 5.75 Å². The minimum atomic E-state index is -0.547. The molecule has 2 aliphatic rings. The second-order valence-corrected chi connectivity index (χ2v) is 6.79. The van der Waals surface area contributed by atoms with Gasteiger partial charge in [-0.25, -0.2) is 0 Å². The van der Waals surface area contributed by atoms with E-state index in [1.54, 1.807) is 21.3 Å². The van der Waals surface area contributed by atoms with Crippen molar-refractivity contribution in [3.63, 3.8) is 0 Å². The molecule has 1 N–H and O–H groups in total. The smallest absolute Gasteiger partial charge is 0.203 e. The predicted molar refractivity (Wildman–Crippen MR) is 97.5 cm³/mol. The van der Waals surface area contributed by atoms with Crippen LogP contribution in [0, 0.1) is 0 Å². The lowest BCUT2D eigenvalue weighted by Gasteiger charge is -2.32. The van der Waals surface area contributed by atoms with E-state index >= 15 is 0 Å². The summed E-state index contributed by atoms with van der Waals surface area (Å²) in [6.45, 7) is 0. The first-order valence-electron chi connectivity index (χ1n) is 8.95. The molecule has 0 aromatic heterocycles. The van der Waals surface area contributed by atoms with Crippen LogP contribution in [0.1, 0.15) is 47.3 Å². The van der Waals surface area contributed by atoms with E-state index in [0.29, 0.717) is 23.7 Å². The third-order valence-electron chi connectivity index (χ3n) is 5.38. The van der Waals surface area contributed by atoms with Crippen molar-refractivity contribution in [3.8, 4) is 23.0 Å². The summed E-state index contributed by atoms with van der Waals surface area (Å²) in [4.78, 5) is 0. The molecule has 1 aliphatic heterocycles. The third-order valence-corrected chi connectivity index (χ3v) is 5.38. The minimum absolute atomic E-state index is 0.265. The molecule has 0 saturated heterocycles. The van der Waals surface area contributed by atoms with Crippen LogP contribution < -0.4 is 18.9 Å². The molecule has 0 bridgehead atoms. The molecule has 2 unspecified atom stereocenters. The van der Waals surface area contributed by atoms with Crippen molar-refractivity contribution in [1.29, 1.82) is 0 Å². The Labute approximate surface area is 153 Å². The van der Waals surface area contributed by atoms with Crippen LogP contribution in [0.3, 0.4) is 0 Å². The van der Waals surface area contributed by atoms with E-state index in [9.17, 15) is 5.11 Å². The highest BCUT2D eigenvalue weighted by Gasteiger charge is 2.33. The highest BCUT2D eigenvalue weighted by molar-refractivity contribution is 5.55. The quantitative estimate of drug-likeness (QED) is 0.904. The van der Waals surface area contributed by atoms with Crippen LogP contribution in [0.15, 0.2) is 24.3 Å². The molecule has 0 spiro atoms. The van der Waals surface area contributed by atoms with Gasteiger partial charge in [0.05, 0.1) is 27.4 Å². The molecule has 0 saturated carbocycles. The van der Waals surface area contributed by atoms with Crippen LogP contribution in [-0.2, 0) is 12.8 Å². The van der Waals surface area contributed by atoms with Crippen molar-refractivity contribution in [2.45, 2.75) is 37.9 Å². The molecule has 2 atom stereocenters. The SMILES string of the molecule is COc1cc(C2CC(O)c3ccc4c(c3O2)CCC4)cc(OC)c1OC. The molecular formula is C21H24O5. The molecule has 2 aromatic rings. The van der Waals surface area contributed by atoms with E-state index in [4.69, 9.17) is 18.9 Å². The zero-order chi connectivity index (χ0) is 18.3. The maximum Gasteiger partial charge on any atom is 0.203 e. The molecule has 0 amide bonds. The Balaban J connectivity index is 1.75. The molecule has 1 heterocycles. The molecule has 0 fully saturated rings. The number of aryl methyl sites for hydroxylation is 1. The van der Waals surface area contributed by atoms with Gasteiger partial charge in [-0.05, 0) is 42.5 Å². The van der Waals surface area contributed by atoms with Crippen molar-refractivity contribution in [3.05, 3.63) is 46.5 Å². The average molecular weight is 356 g/mol. The van der Waals surface area contributed by atoms with Gasteiger partial charge in [0, 0.05) is 17.5 Å². The van der Waals surface area contributed by atoms with Gasteiger partial charge in [0.15, 0.2) is 11.5 Å². The molecule has 2 aromatic carbocycles. The van der Waals surface area contributed by atoms with E-state index in [0.717, 1.165) is 36.1 Å². The maximum absolute atomic E-state index is 10.7. The number of aliphatic hydroxyl groups is 1. The number of ether oxygens (including phenoxy) is 4. The summed E-state index contributed by atoms with van der Waals surface area (Å²) in [6, 6.07) is 7.93. The number of methoxy groups -OCH3 is 3. The average Bonchev–Trinajstić information content (AvgIpc) is 3.15. The van der Waals surface area contributed by atoms with Crippen molar-refractivity contribution >= 4 is 0 Å². The van der Waals surface area contributed by atoms with Crippen molar-refractivity contribution in [1.82, 2.24) is 0 Å². The summed E-state index contributed by atoms with van der Waals surface area (Å²) in [7, 11) is 4.78. The molecular weight excluding hydrogens is 332 g/mol. The van der Waals surface area contributed by atoms with Gasteiger partial charge in [0.25, 0.3) is 0 Å². The monoisotopic (exact) mass is 356 g/mol. The lowest BCUT2D eigenvalue weighted by molar-refractivity contribution is 0.0646. The largest absolute Gasteiger partial charge is 0.493 e. The van der Waals surface area contributed by atoms with Crippen LogP contribution in [0.2, 0.25) is 0 Å². The van der Waals surface area contributed by atoms with Crippen LogP contribution in [0.5, 0.6) is 23.0 Å². The molecule has 0 radical (unpaired) electrons. The van der Waals surface area contributed by atoms with Crippen molar-refractivity contribution < 1.29 is 24.1 Å². The first-order chi connectivity index (χ1) is 12.7. The van der Waals surface area contributed by atoms with Crippen LogP contribution >= 0.6 is 0 Å². The Morgan fingerprint density at radius 1 is 1.00 bits per heavy atom. The Morgan fingerprint density at radius 3 is 2.38 bits per heavy atom. The summed E-state index contributed by atoms with van der Waals surface area (Å²) in [5, 5.41) is 10.7. The van der Waals surface area contributed by atoms with E-state index < -0.39 is 6.10 Å². The highest BCUT2D eigenvalue weighted by Crippen LogP contribution is 2.48. The van der Waals surface area contributed by atoms with Crippen LogP contribution in [0.4, 0.5) is 0 Å². The van der Waals surface area contributed by atoms with Gasteiger partial charge in [-0.3, -0.25) is 0 Å². The molecule has 26 heavy (non-hydrogen) atoms. The van der Waals surface area contributed by atoms with Crippen LogP contribution in [0.25, 0.3) is 0 Å². The number of aliphatic hydroxyl groups excluding tert-OH is 1. The Kier molecular flexibility index (Phi) is 4.41. The number of fused-ring (bicyclic) bond motifs is 3. The Morgan fingerprint density at radius 2 is 1.73 bits per heavy atom. The standard InChI is InChI=1S/C21H24O5/c1-23-18-9-13(10-19(24-2)21(18)25-3)17-11-16(22)15-8-7-12-5-4-6-14(12)20(15)26-17/h7-10,16-17,22H,4-6,11H2,1-3H3. The van der Waals surface area contributed by atoms with E-state index in [1.807, 2.05) is 18.2 Å². The number of benzene rings is 2. The molecule has 1 aliphatic carbocycles. The fraction of sp³-hybridized carbons (Fsp3) is 0.429. The lowest BCUT2D eigenvalue weighted by atomic mass is 9.92. The summed E-state index contributed by atoms with van der Waals surface area (Å²) in [6.07, 6.45) is 2.90. The third kappa shape index (κ3) is 2.67. The zero-order valence-electron chi connectivity index (χ0n) is 15.4. The molecule has 4 rings (SSSR count). The normalized spacial score (nSPS) is 20.8. The predicted octanol–water partition coefficient (Wildman–Crippen LogP) is 3.76. The van der Waals surface area contributed by atoms with Gasteiger partial charge < -0.3 is 24.1 Å². The summed E-state index contributed by atoms with van der Waals surface area (Å²) in [5.41, 5.74) is 4.38. The van der Waals surface area contributed by atoms with E-state index in [1.165, 1.54) is 11.1 Å². The Bertz CT molecular complexity index is 804. The minimum Gasteiger partial charge on any atom is -0.493 e. The van der Waals surface area contributed by atoms with Gasteiger partial charge in [-0.2, -0.15) is 0 Å². The summed E-state index contributed by atoms with van der Waals surface area (Å²) in [5.74, 6) is 2.59. The van der Waals surface area contributed by atoms with Gasteiger partial charge >= 0.3 is 0 Å². The zero-order valence-corrected chi connectivity index (χ0v) is 15.4. The first-order valence-corrected chi connectivity index (χ1v) is 8.95. The Hall–Kier alpha value is -2.40. The fourth-order valence-corrected chi connectivity index (χ4v) is 4.06. The molecule has 5 nitrogen and oxygen atoms in total. The van der Waals surface area contributed by atoms with Gasteiger partial charge in [0.1, 0.15) is 11.9 Å². The van der Waals surface area contributed by atoms with Crippen molar-refractivity contribution in [2.75, 3.05) is 21.3 Å². The maximum atomic E-state index is 10.7. The van der Waals surface area contributed by atoms with E-state index in [-0.39, 0.29) is 6.10 Å². The molecule has 5 heteroatoms.